The number of fused-ring (bicyclic) bond motifs is 1. The predicted molar refractivity (Wildman–Crippen MR) is 109 cm³/mol. The Balaban J connectivity index is 2.05. The van der Waals surface area contributed by atoms with E-state index >= 15 is 0 Å². The lowest BCUT2D eigenvalue weighted by atomic mass is 9.94. The van der Waals surface area contributed by atoms with Crippen LogP contribution in [0.15, 0.2) is 30.3 Å². The first-order valence-corrected chi connectivity index (χ1v) is 12.2. The van der Waals surface area contributed by atoms with Crippen LogP contribution in [-0.2, 0) is 10.8 Å². The van der Waals surface area contributed by atoms with Crippen molar-refractivity contribution in [3.05, 3.63) is 41.5 Å². The first-order valence-electron chi connectivity index (χ1n) is 9.30. The average molecular weight is 405 g/mol. The normalized spacial score (nSPS) is 19.8. The summed E-state index contributed by atoms with van der Waals surface area (Å²) in [6, 6.07) is 7.29. The van der Waals surface area contributed by atoms with E-state index < -0.39 is 20.5 Å². The van der Waals surface area contributed by atoms with E-state index in [1.54, 1.807) is 6.07 Å². The Morgan fingerprint density at radius 1 is 0.964 bits per heavy atom. The number of ether oxygens (including phenoxy) is 1. The fourth-order valence-electron chi connectivity index (χ4n) is 3.11. The van der Waals surface area contributed by atoms with Crippen LogP contribution >= 0.6 is 0 Å². The van der Waals surface area contributed by atoms with Crippen LogP contribution in [0.4, 0.5) is 0 Å². The third-order valence-corrected chi connectivity index (χ3v) is 10.3. The maximum atomic E-state index is 10.3. The van der Waals surface area contributed by atoms with Gasteiger partial charge < -0.3 is 29.6 Å². The van der Waals surface area contributed by atoms with Crippen molar-refractivity contribution in [3.8, 4) is 28.7 Å². The summed E-state index contributed by atoms with van der Waals surface area (Å²) in [6.07, 6.45) is -0.553. The molecule has 0 aliphatic carbocycles. The molecule has 0 saturated heterocycles. The summed E-state index contributed by atoms with van der Waals surface area (Å²) in [4.78, 5) is 0. The van der Waals surface area contributed by atoms with Gasteiger partial charge in [0.2, 0.25) is 0 Å². The Labute approximate surface area is 166 Å². The van der Waals surface area contributed by atoms with Gasteiger partial charge in [0.15, 0.2) is 19.8 Å². The molecule has 0 spiro atoms. The van der Waals surface area contributed by atoms with E-state index in [1.807, 2.05) is 0 Å². The van der Waals surface area contributed by atoms with Crippen molar-refractivity contribution in [3.63, 3.8) is 0 Å². The molecule has 0 radical (unpaired) electrons. The number of hydrogen-bond acceptors (Lipinski definition) is 6. The van der Waals surface area contributed by atoms with E-state index in [0.717, 1.165) is 0 Å². The van der Waals surface area contributed by atoms with Crippen LogP contribution in [0.1, 0.15) is 38.0 Å². The highest BCUT2D eigenvalue weighted by Gasteiger charge is 2.43. The van der Waals surface area contributed by atoms with Crippen molar-refractivity contribution >= 4 is 8.32 Å². The first kappa shape index (κ1) is 20.4. The topological polar surface area (TPSA) is 99.4 Å². The van der Waals surface area contributed by atoms with Crippen molar-refractivity contribution < 1.29 is 29.6 Å². The second-order valence-corrected chi connectivity index (χ2v) is 13.6. The van der Waals surface area contributed by atoms with Gasteiger partial charge in [-0.25, -0.2) is 0 Å². The summed E-state index contributed by atoms with van der Waals surface area (Å²) >= 11 is 0. The van der Waals surface area contributed by atoms with Gasteiger partial charge in [-0.3, -0.25) is 0 Å². The highest BCUT2D eigenvalue weighted by molar-refractivity contribution is 6.74. The minimum absolute atomic E-state index is 0.0219. The van der Waals surface area contributed by atoms with Crippen LogP contribution in [0.5, 0.6) is 28.7 Å². The Hall–Kier alpha value is -2.38. The number of phenolic OH excluding ortho intramolecular Hbond substituents is 4. The van der Waals surface area contributed by atoms with E-state index in [2.05, 4.69) is 33.9 Å². The van der Waals surface area contributed by atoms with Crippen molar-refractivity contribution in [2.45, 2.75) is 57.5 Å². The standard InChI is InChI=1S/C21H28O6Si/c1-21(2,3)28(4,5)27-19-11-14-16(24)9-13(22)10-18(14)26-20(19)12-6-7-15(23)17(25)8-12/h6-10,19-20,22-25H,11H2,1-5H3/t19-,20-/m1/s1. The van der Waals surface area contributed by atoms with Crippen LogP contribution in [0.3, 0.4) is 0 Å². The van der Waals surface area contributed by atoms with Crippen molar-refractivity contribution in [1.82, 2.24) is 0 Å². The summed E-state index contributed by atoms with van der Waals surface area (Å²) < 4.78 is 12.7. The van der Waals surface area contributed by atoms with Gasteiger partial charge in [-0.1, -0.05) is 26.8 Å². The van der Waals surface area contributed by atoms with E-state index in [4.69, 9.17) is 9.16 Å². The molecule has 2 aromatic rings. The molecule has 4 N–H and O–H groups in total. The van der Waals surface area contributed by atoms with E-state index in [1.165, 1.54) is 24.3 Å². The van der Waals surface area contributed by atoms with Crippen LogP contribution in [0.2, 0.25) is 18.1 Å². The van der Waals surface area contributed by atoms with Crippen molar-refractivity contribution in [1.29, 1.82) is 0 Å². The lowest BCUT2D eigenvalue weighted by Gasteiger charge is -2.43. The van der Waals surface area contributed by atoms with Gasteiger partial charge in [0.05, 0.1) is 6.10 Å². The zero-order valence-electron chi connectivity index (χ0n) is 16.9. The van der Waals surface area contributed by atoms with E-state index in [9.17, 15) is 20.4 Å². The van der Waals surface area contributed by atoms with Gasteiger partial charge >= 0.3 is 0 Å². The summed E-state index contributed by atoms with van der Waals surface area (Å²) in [5.74, 6) is -0.197. The molecule has 0 bridgehead atoms. The zero-order valence-corrected chi connectivity index (χ0v) is 17.9. The largest absolute Gasteiger partial charge is 0.508 e. The van der Waals surface area contributed by atoms with E-state index in [0.29, 0.717) is 23.3 Å². The number of aromatic hydroxyl groups is 4. The average Bonchev–Trinajstić information content (AvgIpc) is 2.56. The van der Waals surface area contributed by atoms with Gasteiger partial charge in [0.25, 0.3) is 0 Å². The monoisotopic (exact) mass is 404 g/mol. The first-order chi connectivity index (χ1) is 12.9. The quantitative estimate of drug-likeness (QED) is 0.442. The lowest BCUT2D eigenvalue weighted by Crippen LogP contribution is -2.47. The zero-order chi connectivity index (χ0) is 20.9. The van der Waals surface area contributed by atoms with E-state index in [-0.39, 0.29) is 28.0 Å². The Bertz CT molecular complexity index is 887. The molecule has 2 atom stereocenters. The van der Waals surface area contributed by atoms with Crippen LogP contribution in [-0.4, -0.2) is 34.8 Å². The van der Waals surface area contributed by atoms with Crippen molar-refractivity contribution in [2.75, 3.05) is 0 Å². The molecule has 1 heterocycles. The van der Waals surface area contributed by atoms with Gasteiger partial charge in [0.1, 0.15) is 23.4 Å². The molecule has 0 saturated carbocycles. The van der Waals surface area contributed by atoms with Gasteiger partial charge in [-0.15, -0.1) is 0 Å². The SMILES string of the molecule is CC(C)(C)[Si](C)(C)O[C@@H]1Cc2c(O)cc(O)cc2O[C@@H]1c1ccc(O)c(O)c1. The van der Waals surface area contributed by atoms with Gasteiger partial charge in [0, 0.05) is 24.1 Å². The molecule has 0 amide bonds. The summed E-state index contributed by atoms with van der Waals surface area (Å²) in [5, 5.41) is 39.7. The second kappa shape index (κ2) is 6.90. The molecule has 3 rings (SSSR count). The fraction of sp³-hybridized carbons (Fsp3) is 0.429. The van der Waals surface area contributed by atoms with Crippen molar-refractivity contribution in [2.24, 2.45) is 0 Å². The molecule has 0 fully saturated rings. The summed E-state index contributed by atoms with van der Waals surface area (Å²) in [6.45, 7) is 10.7. The lowest BCUT2D eigenvalue weighted by molar-refractivity contribution is 0.0276. The third-order valence-electron chi connectivity index (χ3n) is 5.75. The number of benzene rings is 2. The maximum absolute atomic E-state index is 10.3. The number of phenols is 4. The molecule has 1 aliphatic rings. The number of hydrogen-bond donors (Lipinski definition) is 4. The highest BCUT2D eigenvalue weighted by Crippen LogP contribution is 2.46. The molecule has 152 valence electrons. The molecule has 1 aliphatic heterocycles. The molecule has 0 unspecified atom stereocenters. The maximum Gasteiger partial charge on any atom is 0.192 e. The molecule has 0 aromatic heterocycles. The Morgan fingerprint density at radius 2 is 1.64 bits per heavy atom. The molecule has 2 aromatic carbocycles. The van der Waals surface area contributed by atoms with Crippen LogP contribution in [0, 0.1) is 0 Å². The predicted octanol–water partition coefficient (Wildman–Crippen LogP) is 4.58. The summed E-state index contributed by atoms with van der Waals surface area (Å²) in [5.41, 5.74) is 1.23. The number of rotatable bonds is 3. The van der Waals surface area contributed by atoms with Gasteiger partial charge in [-0.2, -0.15) is 0 Å². The molecule has 7 heteroatoms. The Morgan fingerprint density at radius 3 is 2.25 bits per heavy atom. The summed E-state index contributed by atoms with van der Waals surface area (Å²) in [7, 11) is -2.16. The fourth-order valence-corrected chi connectivity index (χ4v) is 4.42. The van der Waals surface area contributed by atoms with Gasteiger partial charge in [-0.05, 0) is 35.8 Å². The molecular formula is C21H28O6Si. The second-order valence-electron chi connectivity index (χ2n) is 8.85. The van der Waals surface area contributed by atoms with Crippen LogP contribution < -0.4 is 4.74 Å². The highest BCUT2D eigenvalue weighted by atomic mass is 28.4. The smallest absolute Gasteiger partial charge is 0.192 e. The third kappa shape index (κ3) is 3.77. The minimum Gasteiger partial charge on any atom is -0.508 e. The molecule has 28 heavy (non-hydrogen) atoms. The molecular weight excluding hydrogens is 376 g/mol. The minimum atomic E-state index is -2.16. The Kier molecular flexibility index (Phi) is 5.01. The van der Waals surface area contributed by atoms with Crippen LogP contribution in [0.25, 0.3) is 0 Å². The molecule has 6 nitrogen and oxygen atoms in total.